The molecule has 84 valence electrons. The van der Waals surface area contributed by atoms with Gasteiger partial charge >= 0.3 is 0 Å². The summed E-state index contributed by atoms with van der Waals surface area (Å²) in [6.07, 6.45) is 1.03. The molecule has 0 spiro atoms. The summed E-state index contributed by atoms with van der Waals surface area (Å²) in [4.78, 5) is 0. The van der Waals surface area contributed by atoms with E-state index in [4.69, 9.17) is 5.73 Å². The molecule has 2 atom stereocenters. The topological polar surface area (TPSA) is 46.2 Å². The van der Waals surface area contributed by atoms with Gasteiger partial charge in [0.1, 0.15) is 0 Å². The van der Waals surface area contributed by atoms with E-state index in [-0.39, 0.29) is 12.0 Å². The monoisotopic (exact) mass is 233 g/mol. The lowest BCUT2D eigenvalue weighted by Crippen LogP contribution is -2.21. The van der Waals surface area contributed by atoms with Crippen LogP contribution in [-0.2, 0) is 0 Å². The van der Waals surface area contributed by atoms with Crippen LogP contribution in [0.4, 0.5) is 0 Å². The minimum atomic E-state index is -0.0379. The summed E-state index contributed by atoms with van der Waals surface area (Å²) in [7, 11) is 0. The molecule has 0 saturated heterocycles. The molecular formula is C13H15NOS. The van der Waals surface area contributed by atoms with Crippen molar-refractivity contribution < 1.29 is 5.11 Å². The van der Waals surface area contributed by atoms with E-state index in [1.165, 1.54) is 15.6 Å². The average molecular weight is 233 g/mol. The van der Waals surface area contributed by atoms with E-state index in [2.05, 4.69) is 29.6 Å². The zero-order valence-electron chi connectivity index (χ0n) is 9.02. The SMILES string of the molecule is NCC1(CO)CC1c1csc2ccccc12. The molecule has 16 heavy (non-hydrogen) atoms. The Morgan fingerprint density at radius 2 is 2.25 bits per heavy atom. The van der Waals surface area contributed by atoms with E-state index < -0.39 is 0 Å². The average Bonchev–Trinajstić information content (AvgIpc) is 2.92. The first-order valence-electron chi connectivity index (χ1n) is 5.58. The molecule has 0 radical (unpaired) electrons. The maximum Gasteiger partial charge on any atom is 0.0505 e. The minimum Gasteiger partial charge on any atom is -0.396 e. The molecule has 1 aromatic heterocycles. The van der Waals surface area contributed by atoms with Gasteiger partial charge in [0.15, 0.2) is 0 Å². The molecule has 1 heterocycles. The molecule has 2 unspecified atom stereocenters. The number of thiophene rings is 1. The van der Waals surface area contributed by atoms with Gasteiger partial charge in [0.25, 0.3) is 0 Å². The van der Waals surface area contributed by atoms with E-state index in [0.29, 0.717) is 12.5 Å². The van der Waals surface area contributed by atoms with E-state index in [0.717, 1.165) is 6.42 Å². The highest BCUT2D eigenvalue weighted by molar-refractivity contribution is 7.17. The van der Waals surface area contributed by atoms with E-state index >= 15 is 0 Å². The van der Waals surface area contributed by atoms with Gasteiger partial charge < -0.3 is 10.8 Å². The number of benzene rings is 1. The smallest absolute Gasteiger partial charge is 0.0505 e. The third-order valence-electron chi connectivity index (χ3n) is 3.80. The zero-order chi connectivity index (χ0) is 11.2. The van der Waals surface area contributed by atoms with Gasteiger partial charge in [-0.25, -0.2) is 0 Å². The van der Waals surface area contributed by atoms with Crippen LogP contribution in [0, 0.1) is 5.41 Å². The first kappa shape index (κ1) is 10.3. The Labute approximate surface area is 98.7 Å². The van der Waals surface area contributed by atoms with Crippen LogP contribution in [0.1, 0.15) is 17.9 Å². The van der Waals surface area contributed by atoms with Crippen molar-refractivity contribution in [2.45, 2.75) is 12.3 Å². The summed E-state index contributed by atoms with van der Waals surface area (Å²) in [6, 6.07) is 8.45. The van der Waals surface area contributed by atoms with Crippen molar-refractivity contribution in [1.82, 2.24) is 0 Å². The van der Waals surface area contributed by atoms with Gasteiger partial charge in [-0.2, -0.15) is 0 Å². The largest absolute Gasteiger partial charge is 0.396 e. The second-order valence-corrected chi connectivity index (χ2v) is 5.58. The normalized spacial score (nSPS) is 28.5. The van der Waals surface area contributed by atoms with Gasteiger partial charge in [0.05, 0.1) is 6.61 Å². The Kier molecular flexibility index (Phi) is 2.28. The van der Waals surface area contributed by atoms with E-state index in [9.17, 15) is 5.11 Å². The van der Waals surface area contributed by atoms with Gasteiger partial charge in [-0.15, -0.1) is 11.3 Å². The fourth-order valence-electron chi connectivity index (χ4n) is 2.52. The molecule has 3 rings (SSSR count). The summed E-state index contributed by atoms with van der Waals surface area (Å²) in [5, 5.41) is 13.0. The van der Waals surface area contributed by atoms with Crippen LogP contribution in [0.15, 0.2) is 29.6 Å². The highest BCUT2D eigenvalue weighted by atomic mass is 32.1. The first-order chi connectivity index (χ1) is 7.80. The summed E-state index contributed by atoms with van der Waals surface area (Å²) >= 11 is 1.78. The molecule has 3 heteroatoms. The number of nitrogens with two attached hydrogens (primary N) is 1. The Hall–Kier alpha value is -0.900. The van der Waals surface area contributed by atoms with Gasteiger partial charge in [-0.3, -0.25) is 0 Å². The molecule has 0 bridgehead atoms. The zero-order valence-corrected chi connectivity index (χ0v) is 9.83. The van der Waals surface area contributed by atoms with Crippen molar-refractivity contribution >= 4 is 21.4 Å². The van der Waals surface area contributed by atoms with Crippen LogP contribution in [-0.4, -0.2) is 18.3 Å². The van der Waals surface area contributed by atoms with Crippen LogP contribution in [0.3, 0.4) is 0 Å². The third kappa shape index (κ3) is 1.32. The standard InChI is InChI=1S/C13H15NOS/c14-7-13(8-15)5-11(13)10-6-16-12-4-2-1-3-9(10)12/h1-4,6,11,15H,5,7-8,14H2. The number of aliphatic hydroxyl groups excluding tert-OH is 1. The van der Waals surface area contributed by atoms with Crippen LogP contribution < -0.4 is 5.73 Å². The summed E-state index contributed by atoms with van der Waals surface area (Å²) in [5.74, 6) is 0.457. The molecule has 0 aliphatic heterocycles. The van der Waals surface area contributed by atoms with Crippen molar-refractivity contribution in [3.05, 3.63) is 35.2 Å². The predicted octanol–water partition coefficient (Wildman–Crippen LogP) is 2.33. The summed E-state index contributed by atoms with van der Waals surface area (Å²) in [6.45, 7) is 0.788. The fraction of sp³-hybridized carbons (Fsp3) is 0.385. The van der Waals surface area contributed by atoms with Crippen LogP contribution in [0.5, 0.6) is 0 Å². The molecule has 1 aliphatic carbocycles. The fourth-order valence-corrected chi connectivity index (χ4v) is 3.54. The third-order valence-corrected chi connectivity index (χ3v) is 4.78. The van der Waals surface area contributed by atoms with Crippen molar-refractivity contribution in [2.24, 2.45) is 11.1 Å². The van der Waals surface area contributed by atoms with E-state index in [1.807, 2.05) is 0 Å². The first-order valence-corrected chi connectivity index (χ1v) is 6.46. The quantitative estimate of drug-likeness (QED) is 0.854. The number of rotatable bonds is 3. The van der Waals surface area contributed by atoms with Crippen molar-refractivity contribution in [1.29, 1.82) is 0 Å². The Bertz CT molecular complexity index is 515. The van der Waals surface area contributed by atoms with Gasteiger partial charge in [-0.1, -0.05) is 18.2 Å². The number of aliphatic hydroxyl groups is 1. The van der Waals surface area contributed by atoms with E-state index in [1.54, 1.807) is 11.3 Å². The second-order valence-electron chi connectivity index (χ2n) is 4.67. The van der Waals surface area contributed by atoms with Gasteiger partial charge in [-0.05, 0) is 34.7 Å². The van der Waals surface area contributed by atoms with Gasteiger partial charge in [0.2, 0.25) is 0 Å². The summed E-state index contributed by atoms with van der Waals surface area (Å²) in [5.41, 5.74) is 7.10. The van der Waals surface area contributed by atoms with Crippen molar-refractivity contribution in [3.8, 4) is 0 Å². The van der Waals surface area contributed by atoms with Crippen LogP contribution >= 0.6 is 11.3 Å². The lowest BCUT2D eigenvalue weighted by Gasteiger charge is -2.10. The molecule has 3 N–H and O–H groups in total. The second kappa shape index (κ2) is 3.55. The van der Waals surface area contributed by atoms with Gasteiger partial charge in [0, 0.05) is 16.7 Å². The number of hydrogen-bond acceptors (Lipinski definition) is 3. The molecule has 1 aromatic carbocycles. The maximum atomic E-state index is 9.42. The Morgan fingerprint density at radius 3 is 2.94 bits per heavy atom. The molecular weight excluding hydrogens is 218 g/mol. The molecule has 1 fully saturated rings. The Morgan fingerprint density at radius 1 is 1.44 bits per heavy atom. The van der Waals surface area contributed by atoms with Crippen molar-refractivity contribution in [2.75, 3.05) is 13.2 Å². The minimum absolute atomic E-state index is 0.0379. The number of hydrogen-bond donors (Lipinski definition) is 2. The maximum absolute atomic E-state index is 9.42. The predicted molar refractivity (Wildman–Crippen MR) is 67.8 cm³/mol. The molecule has 1 saturated carbocycles. The highest BCUT2D eigenvalue weighted by Crippen LogP contribution is 2.60. The number of fused-ring (bicyclic) bond motifs is 1. The Balaban J connectivity index is 2.03. The molecule has 2 aromatic rings. The summed E-state index contributed by atoms with van der Waals surface area (Å²) < 4.78 is 1.33. The lowest BCUT2D eigenvalue weighted by molar-refractivity contribution is 0.212. The van der Waals surface area contributed by atoms with Crippen LogP contribution in [0.2, 0.25) is 0 Å². The molecule has 2 nitrogen and oxygen atoms in total. The molecule has 1 aliphatic rings. The highest BCUT2D eigenvalue weighted by Gasteiger charge is 2.53. The van der Waals surface area contributed by atoms with Crippen molar-refractivity contribution in [3.63, 3.8) is 0 Å². The molecule has 0 amide bonds. The lowest BCUT2D eigenvalue weighted by atomic mass is 10.00. The van der Waals surface area contributed by atoms with Crippen LogP contribution in [0.25, 0.3) is 10.1 Å².